The molecule has 2 aliphatic rings. The van der Waals surface area contributed by atoms with E-state index in [1.54, 1.807) is 36.0 Å². The lowest BCUT2D eigenvalue weighted by atomic mass is 9.98. The van der Waals surface area contributed by atoms with E-state index in [1.807, 2.05) is 33.8 Å². The summed E-state index contributed by atoms with van der Waals surface area (Å²) in [4.78, 5) is 47.6. The zero-order chi connectivity index (χ0) is 26.5. The first-order chi connectivity index (χ1) is 16.9. The number of ether oxygens (including phenoxy) is 3. The van der Waals surface area contributed by atoms with Crippen molar-refractivity contribution < 1.29 is 28.6 Å². The van der Waals surface area contributed by atoms with Gasteiger partial charge in [-0.2, -0.15) is 0 Å². The van der Waals surface area contributed by atoms with Crippen LogP contribution in [0.3, 0.4) is 0 Å². The maximum absolute atomic E-state index is 13.3. The lowest BCUT2D eigenvalue weighted by Crippen LogP contribution is -2.57. The standard InChI is InChI=1S/C26H40N4O6/c1-7-34-22(31)19-9-8-10-30(18-19)20-15-21(17-27-16-20)35-26(5,6)23(32)28-11-13-29(14-12-28)24(33)36-25(2,3)4/h15-17,19H,7-14,18H2,1-6H3/t19-/m1/s1. The Kier molecular flexibility index (Phi) is 8.68. The van der Waals surface area contributed by atoms with E-state index < -0.39 is 11.2 Å². The van der Waals surface area contributed by atoms with Crippen LogP contribution in [0, 0.1) is 5.92 Å². The van der Waals surface area contributed by atoms with Crippen molar-refractivity contribution in [3.63, 3.8) is 0 Å². The van der Waals surface area contributed by atoms with Gasteiger partial charge >= 0.3 is 12.1 Å². The number of aromatic nitrogens is 1. The molecule has 0 aromatic carbocycles. The van der Waals surface area contributed by atoms with Crippen molar-refractivity contribution in [3.05, 3.63) is 18.5 Å². The highest BCUT2D eigenvalue weighted by atomic mass is 16.6. The van der Waals surface area contributed by atoms with Crippen LogP contribution in [0.15, 0.2) is 18.5 Å². The number of carbonyl (C=O) groups is 3. The third kappa shape index (κ3) is 7.24. The van der Waals surface area contributed by atoms with Crippen LogP contribution in [-0.2, 0) is 19.1 Å². The molecule has 0 spiro atoms. The molecule has 0 saturated carbocycles. The molecule has 0 aliphatic carbocycles. The molecular formula is C26H40N4O6. The average molecular weight is 505 g/mol. The summed E-state index contributed by atoms with van der Waals surface area (Å²) in [6.45, 7) is 14.2. The minimum absolute atomic E-state index is 0.155. The zero-order valence-corrected chi connectivity index (χ0v) is 22.4. The summed E-state index contributed by atoms with van der Waals surface area (Å²) in [5, 5.41) is 0. The molecule has 3 rings (SSSR count). The van der Waals surface area contributed by atoms with E-state index in [-0.39, 0.29) is 23.9 Å². The van der Waals surface area contributed by atoms with Crippen LogP contribution < -0.4 is 9.64 Å². The molecule has 2 aliphatic heterocycles. The van der Waals surface area contributed by atoms with Gasteiger partial charge < -0.3 is 28.9 Å². The first-order valence-electron chi connectivity index (χ1n) is 12.7. The lowest BCUT2D eigenvalue weighted by Gasteiger charge is -2.39. The summed E-state index contributed by atoms with van der Waals surface area (Å²) in [7, 11) is 0. The van der Waals surface area contributed by atoms with E-state index in [1.165, 1.54) is 0 Å². The predicted octanol–water partition coefficient (Wildman–Crippen LogP) is 3.10. The number of rotatable bonds is 6. The third-order valence-corrected chi connectivity index (χ3v) is 6.21. The Hall–Kier alpha value is -3.04. The number of esters is 1. The van der Waals surface area contributed by atoms with Crippen molar-refractivity contribution in [2.45, 2.75) is 65.6 Å². The molecule has 200 valence electrons. The van der Waals surface area contributed by atoms with Gasteiger partial charge in [-0.3, -0.25) is 14.6 Å². The van der Waals surface area contributed by atoms with Crippen molar-refractivity contribution in [3.8, 4) is 5.75 Å². The zero-order valence-electron chi connectivity index (χ0n) is 22.4. The molecule has 0 N–H and O–H groups in total. The lowest BCUT2D eigenvalue weighted by molar-refractivity contribution is -0.148. The van der Waals surface area contributed by atoms with Crippen molar-refractivity contribution in [1.82, 2.24) is 14.8 Å². The fourth-order valence-electron chi connectivity index (χ4n) is 4.44. The molecule has 1 atom stereocenters. The van der Waals surface area contributed by atoms with Gasteiger partial charge in [0.25, 0.3) is 5.91 Å². The number of nitrogens with zero attached hydrogens (tertiary/aromatic N) is 4. The molecule has 10 heteroatoms. The number of anilines is 1. The van der Waals surface area contributed by atoms with Gasteiger partial charge in [0.2, 0.25) is 0 Å². The minimum Gasteiger partial charge on any atom is -0.476 e. The van der Waals surface area contributed by atoms with Crippen LogP contribution in [-0.4, -0.2) is 89.8 Å². The maximum atomic E-state index is 13.3. The van der Waals surface area contributed by atoms with Gasteiger partial charge in [0.15, 0.2) is 5.60 Å². The van der Waals surface area contributed by atoms with Crippen molar-refractivity contribution in [2.24, 2.45) is 5.92 Å². The first-order valence-corrected chi connectivity index (χ1v) is 12.7. The Morgan fingerprint density at radius 3 is 2.31 bits per heavy atom. The van der Waals surface area contributed by atoms with Crippen LogP contribution in [0.4, 0.5) is 10.5 Å². The quantitative estimate of drug-likeness (QED) is 0.545. The molecule has 2 fully saturated rings. The molecule has 0 unspecified atom stereocenters. The summed E-state index contributed by atoms with van der Waals surface area (Å²) in [5.74, 6) is -0.00436. The Morgan fingerprint density at radius 2 is 1.67 bits per heavy atom. The second-order valence-electron chi connectivity index (χ2n) is 10.8. The molecule has 1 aromatic heterocycles. The molecule has 10 nitrogen and oxygen atoms in total. The number of hydrogen-bond acceptors (Lipinski definition) is 8. The predicted molar refractivity (Wildman–Crippen MR) is 135 cm³/mol. The smallest absolute Gasteiger partial charge is 0.410 e. The van der Waals surface area contributed by atoms with Crippen molar-refractivity contribution in [1.29, 1.82) is 0 Å². The third-order valence-electron chi connectivity index (χ3n) is 6.21. The monoisotopic (exact) mass is 504 g/mol. The Morgan fingerprint density at radius 1 is 1.00 bits per heavy atom. The Bertz CT molecular complexity index is 937. The van der Waals surface area contributed by atoms with Crippen LogP contribution in [0.1, 0.15) is 54.4 Å². The van der Waals surface area contributed by atoms with E-state index in [4.69, 9.17) is 14.2 Å². The highest BCUT2D eigenvalue weighted by Crippen LogP contribution is 2.28. The van der Waals surface area contributed by atoms with Crippen LogP contribution in [0.5, 0.6) is 5.75 Å². The van der Waals surface area contributed by atoms with Gasteiger partial charge in [-0.1, -0.05) is 0 Å². The number of carbonyl (C=O) groups excluding carboxylic acids is 3. The summed E-state index contributed by atoms with van der Waals surface area (Å²) in [6.07, 6.45) is 4.66. The largest absolute Gasteiger partial charge is 0.476 e. The molecule has 2 saturated heterocycles. The molecule has 0 radical (unpaired) electrons. The summed E-state index contributed by atoms with van der Waals surface area (Å²) in [6, 6.07) is 1.86. The highest BCUT2D eigenvalue weighted by molar-refractivity contribution is 5.85. The van der Waals surface area contributed by atoms with Gasteiger partial charge in [-0.05, 0) is 54.4 Å². The second kappa shape index (κ2) is 11.3. The molecule has 1 aromatic rings. The normalized spacial score (nSPS) is 19.1. The van der Waals surface area contributed by atoms with E-state index in [2.05, 4.69) is 9.88 Å². The van der Waals surface area contributed by atoms with Crippen molar-refractivity contribution >= 4 is 23.7 Å². The highest BCUT2D eigenvalue weighted by Gasteiger charge is 2.37. The van der Waals surface area contributed by atoms with E-state index in [0.717, 1.165) is 25.1 Å². The maximum Gasteiger partial charge on any atom is 0.410 e. The van der Waals surface area contributed by atoms with E-state index in [0.29, 0.717) is 45.1 Å². The Labute approximate surface area is 213 Å². The Balaban J connectivity index is 1.59. The van der Waals surface area contributed by atoms with Gasteiger partial charge in [0, 0.05) is 45.3 Å². The topological polar surface area (TPSA) is 102 Å². The number of piperidine rings is 1. The van der Waals surface area contributed by atoms with E-state index >= 15 is 0 Å². The van der Waals surface area contributed by atoms with E-state index in [9.17, 15) is 14.4 Å². The van der Waals surface area contributed by atoms with Gasteiger partial charge in [0.1, 0.15) is 11.4 Å². The van der Waals surface area contributed by atoms with Gasteiger partial charge in [-0.15, -0.1) is 0 Å². The summed E-state index contributed by atoms with van der Waals surface area (Å²) < 4.78 is 16.8. The van der Waals surface area contributed by atoms with Crippen LogP contribution >= 0.6 is 0 Å². The van der Waals surface area contributed by atoms with Crippen molar-refractivity contribution in [2.75, 3.05) is 50.8 Å². The number of hydrogen-bond donors (Lipinski definition) is 0. The second-order valence-corrected chi connectivity index (χ2v) is 10.8. The van der Waals surface area contributed by atoms with Gasteiger partial charge in [-0.25, -0.2) is 4.79 Å². The first kappa shape index (κ1) is 27.5. The van der Waals surface area contributed by atoms with Gasteiger partial charge in [0.05, 0.1) is 30.6 Å². The number of piperazine rings is 1. The molecular weight excluding hydrogens is 464 g/mol. The minimum atomic E-state index is -1.12. The number of amides is 2. The fourth-order valence-corrected chi connectivity index (χ4v) is 4.44. The molecule has 3 heterocycles. The average Bonchev–Trinajstić information content (AvgIpc) is 2.83. The van der Waals surface area contributed by atoms with Crippen LogP contribution in [0.2, 0.25) is 0 Å². The fraction of sp³-hybridized carbons (Fsp3) is 0.692. The molecule has 36 heavy (non-hydrogen) atoms. The summed E-state index contributed by atoms with van der Waals surface area (Å²) in [5.41, 5.74) is -0.837. The SMILES string of the molecule is CCOC(=O)[C@@H]1CCCN(c2cncc(OC(C)(C)C(=O)N3CCN(C(=O)OC(C)(C)C)CC3)c2)C1. The molecule has 0 bridgehead atoms. The van der Waals surface area contributed by atoms with Crippen LogP contribution in [0.25, 0.3) is 0 Å². The summed E-state index contributed by atoms with van der Waals surface area (Å²) >= 11 is 0. The molecule has 2 amide bonds. The number of pyridine rings is 1.